The molecule has 0 radical (unpaired) electrons. The molecule has 0 spiro atoms. The van der Waals surface area contributed by atoms with Crippen molar-refractivity contribution in [1.82, 2.24) is 5.32 Å². The Hall–Kier alpha value is -2.07. The minimum atomic E-state index is -0.400. The first-order valence-corrected chi connectivity index (χ1v) is 7.42. The number of nitrogens with one attached hydrogen (secondary N) is 2. The van der Waals surface area contributed by atoms with E-state index in [1.807, 2.05) is 24.3 Å². The Bertz CT molecular complexity index is 656. The number of hydrogen-bond acceptors (Lipinski definition) is 1. The molecule has 22 heavy (non-hydrogen) atoms. The number of urea groups is 1. The normalized spacial score (nSPS) is 10.6. The van der Waals surface area contributed by atoms with Crippen LogP contribution in [0.2, 0.25) is 5.02 Å². The summed E-state index contributed by atoms with van der Waals surface area (Å²) in [5.74, 6) is 0.0481. The van der Waals surface area contributed by atoms with E-state index in [9.17, 15) is 9.18 Å². The minimum Gasteiger partial charge on any atom is -0.334 e. The molecule has 0 aromatic heterocycles. The Balaban J connectivity index is 1.90. The lowest BCUT2D eigenvalue weighted by atomic mass is 10.0. The Kier molecular flexibility index (Phi) is 5.39. The number of halogens is 2. The van der Waals surface area contributed by atoms with Crippen molar-refractivity contribution in [2.75, 3.05) is 5.32 Å². The third kappa shape index (κ3) is 4.46. The van der Waals surface area contributed by atoms with E-state index in [-0.39, 0.29) is 12.6 Å². The van der Waals surface area contributed by atoms with Crippen LogP contribution in [0.5, 0.6) is 0 Å². The Morgan fingerprint density at radius 1 is 1.18 bits per heavy atom. The van der Waals surface area contributed by atoms with Crippen molar-refractivity contribution in [3.05, 3.63) is 64.4 Å². The van der Waals surface area contributed by atoms with Crippen LogP contribution in [-0.2, 0) is 6.54 Å². The highest BCUT2D eigenvalue weighted by atomic mass is 35.5. The van der Waals surface area contributed by atoms with Gasteiger partial charge in [-0.25, -0.2) is 9.18 Å². The van der Waals surface area contributed by atoms with Gasteiger partial charge < -0.3 is 10.6 Å². The third-order valence-corrected chi connectivity index (χ3v) is 3.64. The van der Waals surface area contributed by atoms with Crippen molar-refractivity contribution in [2.24, 2.45) is 0 Å². The van der Waals surface area contributed by atoms with Crippen molar-refractivity contribution < 1.29 is 9.18 Å². The average Bonchev–Trinajstić information content (AvgIpc) is 2.47. The quantitative estimate of drug-likeness (QED) is 0.824. The molecular weight excluding hydrogens is 303 g/mol. The van der Waals surface area contributed by atoms with Crippen molar-refractivity contribution >= 4 is 23.3 Å². The molecule has 3 nitrogen and oxygen atoms in total. The van der Waals surface area contributed by atoms with Gasteiger partial charge in [-0.3, -0.25) is 0 Å². The zero-order valence-corrected chi connectivity index (χ0v) is 13.2. The maximum Gasteiger partial charge on any atom is 0.319 e. The molecule has 0 unspecified atom stereocenters. The largest absolute Gasteiger partial charge is 0.334 e. The second kappa shape index (κ2) is 7.27. The summed E-state index contributed by atoms with van der Waals surface area (Å²) in [6.07, 6.45) is 0. The molecule has 0 saturated heterocycles. The molecule has 2 N–H and O–H groups in total. The molecule has 116 valence electrons. The SMILES string of the molecule is CC(C)c1ccc(NC(=O)NCc2ccc(F)cc2Cl)cc1. The van der Waals surface area contributed by atoms with Crippen molar-refractivity contribution in [3.63, 3.8) is 0 Å². The summed E-state index contributed by atoms with van der Waals surface area (Å²) in [6, 6.07) is 11.4. The summed E-state index contributed by atoms with van der Waals surface area (Å²) in [6.45, 7) is 4.46. The van der Waals surface area contributed by atoms with Gasteiger partial charge in [-0.2, -0.15) is 0 Å². The van der Waals surface area contributed by atoms with Crippen LogP contribution in [0.15, 0.2) is 42.5 Å². The maximum atomic E-state index is 12.9. The van der Waals surface area contributed by atoms with Crippen molar-refractivity contribution in [2.45, 2.75) is 26.3 Å². The molecule has 2 amide bonds. The Morgan fingerprint density at radius 2 is 1.86 bits per heavy atom. The Labute approximate surface area is 134 Å². The van der Waals surface area contributed by atoms with E-state index < -0.39 is 5.82 Å². The lowest BCUT2D eigenvalue weighted by Crippen LogP contribution is -2.28. The summed E-state index contributed by atoms with van der Waals surface area (Å²) >= 11 is 5.91. The van der Waals surface area contributed by atoms with Crippen LogP contribution in [0.1, 0.15) is 30.9 Å². The van der Waals surface area contributed by atoms with Crippen LogP contribution in [0.4, 0.5) is 14.9 Å². The fourth-order valence-electron chi connectivity index (χ4n) is 1.97. The standard InChI is InChI=1S/C17H18ClFN2O/c1-11(2)12-4-7-15(8-5-12)21-17(22)20-10-13-3-6-14(19)9-16(13)18/h3-9,11H,10H2,1-2H3,(H2,20,21,22). The second-order valence-corrected chi connectivity index (χ2v) is 5.73. The van der Waals surface area contributed by atoms with Gasteiger partial charge in [0.25, 0.3) is 0 Å². The number of amides is 2. The van der Waals surface area contributed by atoms with E-state index in [0.29, 0.717) is 22.2 Å². The number of rotatable bonds is 4. The zero-order chi connectivity index (χ0) is 16.1. The van der Waals surface area contributed by atoms with Gasteiger partial charge in [0.05, 0.1) is 0 Å². The number of carbonyl (C=O) groups excluding carboxylic acids is 1. The number of carbonyl (C=O) groups is 1. The first-order valence-electron chi connectivity index (χ1n) is 7.04. The summed E-state index contributed by atoms with van der Waals surface area (Å²) < 4.78 is 12.9. The molecule has 2 aromatic rings. The van der Waals surface area contributed by atoms with Crippen molar-refractivity contribution in [1.29, 1.82) is 0 Å². The molecule has 0 heterocycles. The Morgan fingerprint density at radius 3 is 2.45 bits per heavy atom. The van der Waals surface area contributed by atoms with E-state index in [0.717, 1.165) is 0 Å². The van der Waals surface area contributed by atoms with Crippen molar-refractivity contribution in [3.8, 4) is 0 Å². The first-order chi connectivity index (χ1) is 10.5. The topological polar surface area (TPSA) is 41.1 Å². The first kappa shape index (κ1) is 16.3. The molecule has 2 rings (SSSR count). The molecule has 5 heteroatoms. The van der Waals surface area contributed by atoms with E-state index in [1.165, 1.54) is 17.7 Å². The highest BCUT2D eigenvalue weighted by molar-refractivity contribution is 6.31. The molecule has 0 atom stereocenters. The van der Waals surface area contributed by atoms with Crippen LogP contribution in [0.25, 0.3) is 0 Å². The van der Waals surface area contributed by atoms with Gasteiger partial charge in [-0.15, -0.1) is 0 Å². The van der Waals surface area contributed by atoms with Crippen LogP contribution in [0, 0.1) is 5.82 Å². The number of hydrogen-bond donors (Lipinski definition) is 2. The molecule has 0 saturated carbocycles. The summed E-state index contributed by atoms with van der Waals surface area (Å²) in [4.78, 5) is 11.8. The van der Waals surface area contributed by atoms with Gasteiger partial charge in [0.15, 0.2) is 0 Å². The predicted molar refractivity (Wildman–Crippen MR) is 87.8 cm³/mol. The van der Waals surface area contributed by atoms with Crippen LogP contribution < -0.4 is 10.6 Å². The van der Waals surface area contributed by atoms with Gasteiger partial charge in [-0.05, 0) is 41.3 Å². The molecule has 0 bridgehead atoms. The molecule has 0 fully saturated rings. The van der Waals surface area contributed by atoms with Gasteiger partial charge in [0.1, 0.15) is 5.82 Å². The van der Waals surface area contributed by atoms with Gasteiger partial charge in [-0.1, -0.05) is 43.6 Å². The molecule has 0 aliphatic carbocycles. The summed E-state index contributed by atoms with van der Waals surface area (Å²) in [5, 5.41) is 5.72. The van der Waals surface area contributed by atoms with E-state index in [2.05, 4.69) is 24.5 Å². The summed E-state index contributed by atoms with van der Waals surface area (Å²) in [7, 11) is 0. The highest BCUT2D eigenvalue weighted by Gasteiger charge is 2.06. The monoisotopic (exact) mass is 320 g/mol. The fourth-order valence-corrected chi connectivity index (χ4v) is 2.20. The van der Waals surface area contributed by atoms with E-state index >= 15 is 0 Å². The van der Waals surface area contributed by atoms with Crippen LogP contribution in [-0.4, -0.2) is 6.03 Å². The van der Waals surface area contributed by atoms with Gasteiger partial charge >= 0.3 is 6.03 Å². The second-order valence-electron chi connectivity index (χ2n) is 5.32. The predicted octanol–water partition coefficient (Wildman–Crippen LogP) is 4.92. The molecular formula is C17H18ClFN2O. The molecule has 2 aromatic carbocycles. The maximum absolute atomic E-state index is 12.9. The van der Waals surface area contributed by atoms with Gasteiger partial charge in [0, 0.05) is 17.3 Å². The minimum absolute atomic E-state index is 0.231. The zero-order valence-electron chi connectivity index (χ0n) is 12.5. The number of benzene rings is 2. The lowest BCUT2D eigenvalue weighted by molar-refractivity contribution is 0.251. The van der Waals surface area contributed by atoms with Gasteiger partial charge in [0.2, 0.25) is 0 Å². The van der Waals surface area contributed by atoms with E-state index in [1.54, 1.807) is 6.07 Å². The van der Waals surface area contributed by atoms with Crippen LogP contribution >= 0.6 is 11.6 Å². The average molecular weight is 321 g/mol. The molecule has 0 aliphatic rings. The third-order valence-electron chi connectivity index (χ3n) is 3.29. The number of anilines is 1. The highest BCUT2D eigenvalue weighted by Crippen LogP contribution is 2.18. The smallest absolute Gasteiger partial charge is 0.319 e. The van der Waals surface area contributed by atoms with Crippen LogP contribution in [0.3, 0.4) is 0 Å². The van der Waals surface area contributed by atoms with E-state index in [4.69, 9.17) is 11.6 Å². The molecule has 0 aliphatic heterocycles. The summed E-state index contributed by atoms with van der Waals surface area (Å²) in [5.41, 5.74) is 2.59. The lowest BCUT2D eigenvalue weighted by Gasteiger charge is -2.10. The fraction of sp³-hybridized carbons (Fsp3) is 0.235.